The number of carbonyl (C=O) groups excluding carboxylic acids is 2. The van der Waals surface area contributed by atoms with Gasteiger partial charge in [-0.15, -0.1) is 11.3 Å². The molecule has 2 aromatic rings. The Labute approximate surface area is 156 Å². The molecule has 0 fully saturated rings. The normalized spacial score (nSPS) is 10.3. The Morgan fingerprint density at radius 2 is 1.92 bits per heavy atom. The minimum Gasteiger partial charge on any atom is -0.341 e. The van der Waals surface area contributed by atoms with Crippen LogP contribution >= 0.6 is 38.9 Å². The number of anilines is 1. The number of aromatic nitrogens is 2. The Morgan fingerprint density at radius 3 is 2.50 bits per heavy atom. The van der Waals surface area contributed by atoms with Crippen LogP contribution in [0.4, 0.5) is 5.95 Å². The van der Waals surface area contributed by atoms with Gasteiger partial charge in [-0.2, -0.15) is 0 Å². The fourth-order valence-electron chi connectivity index (χ4n) is 1.85. The van der Waals surface area contributed by atoms with Crippen LogP contribution in [0.2, 0.25) is 5.02 Å². The highest BCUT2D eigenvalue weighted by Gasteiger charge is 2.17. The van der Waals surface area contributed by atoms with E-state index in [2.05, 4.69) is 36.7 Å². The summed E-state index contributed by atoms with van der Waals surface area (Å²) in [5.74, 6) is -0.629. The molecule has 0 radical (unpaired) electrons. The maximum absolute atomic E-state index is 12.2. The van der Waals surface area contributed by atoms with Gasteiger partial charge in [-0.05, 0) is 41.9 Å². The number of nitrogens with zero attached hydrogens (tertiary/aromatic N) is 3. The average molecular weight is 433 g/mol. The number of hydrogen-bond acceptors (Lipinski definition) is 6. The van der Waals surface area contributed by atoms with Crippen molar-refractivity contribution in [2.24, 2.45) is 0 Å². The number of carbonyl (C=O) groups is 2. The standard InChI is InChI=1S/C14H15BrClN5O2S/c1-3-21(4-2)14-17-7-8(16)11(18-14)13(23)20-19-12(22)9-5-6-10(15)24-9/h5-7H,3-4H2,1-2H3,(H,19,22)(H,20,23). The van der Waals surface area contributed by atoms with Crippen molar-refractivity contribution < 1.29 is 9.59 Å². The largest absolute Gasteiger partial charge is 0.341 e. The number of thiophene rings is 1. The fourth-order valence-corrected chi connectivity index (χ4v) is 3.30. The van der Waals surface area contributed by atoms with Gasteiger partial charge in [-0.1, -0.05) is 11.6 Å². The van der Waals surface area contributed by atoms with Gasteiger partial charge in [-0.25, -0.2) is 9.97 Å². The van der Waals surface area contributed by atoms with Gasteiger partial charge >= 0.3 is 0 Å². The van der Waals surface area contributed by atoms with Crippen molar-refractivity contribution in [2.45, 2.75) is 13.8 Å². The number of halogens is 2. The summed E-state index contributed by atoms with van der Waals surface area (Å²) in [6.07, 6.45) is 1.37. The van der Waals surface area contributed by atoms with E-state index in [4.69, 9.17) is 11.6 Å². The van der Waals surface area contributed by atoms with Crippen molar-refractivity contribution in [2.75, 3.05) is 18.0 Å². The lowest BCUT2D eigenvalue weighted by Crippen LogP contribution is -2.42. The van der Waals surface area contributed by atoms with E-state index in [1.165, 1.54) is 17.5 Å². The predicted octanol–water partition coefficient (Wildman–Crippen LogP) is 2.88. The van der Waals surface area contributed by atoms with E-state index in [0.717, 1.165) is 3.79 Å². The van der Waals surface area contributed by atoms with Gasteiger partial charge in [0.25, 0.3) is 11.8 Å². The van der Waals surface area contributed by atoms with Crippen LogP contribution in [0.3, 0.4) is 0 Å². The molecule has 128 valence electrons. The molecular formula is C14H15BrClN5O2S. The van der Waals surface area contributed by atoms with Crippen LogP contribution in [0.25, 0.3) is 0 Å². The molecule has 0 spiro atoms. The van der Waals surface area contributed by atoms with Crippen molar-refractivity contribution in [3.8, 4) is 0 Å². The van der Waals surface area contributed by atoms with Gasteiger partial charge in [-0.3, -0.25) is 20.4 Å². The van der Waals surface area contributed by atoms with E-state index in [9.17, 15) is 9.59 Å². The summed E-state index contributed by atoms with van der Waals surface area (Å²) in [5, 5.41) is 0.108. The van der Waals surface area contributed by atoms with Crippen LogP contribution in [0.15, 0.2) is 22.1 Å². The minimum absolute atomic E-state index is 0.00114. The first kappa shape index (κ1) is 18.6. The summed E-state index contributed by atoms with van der Waals surface area (Å²) in [6.45, 7) is 5.31. The lowest BCUT2D eigenvalue weighted by atomic mass is 10.4. The molecule has 0 saturated heterocycles. The van der Waals surface area contributed by atoms with Crippen LogP contribution in [-0.2, 0) is 0 Å². The second-order valence-electron chi connectivity index (χ2n) is 4.55. The molecule has 0 aliphatic carbocycles. The number of rotatable bonds is 5. The molecule has 24 heavy (non-hydrogen) atoms. The second-order valence-corrected chi connectivity index (χ2v) is 7.42. The molecule has 0 bridgehead atoms. The summed E-state index contributed by atoms with van der Waals surface area (Å²) in [7, 11) is 0. The third-order valence-electron chi connectivity index (χ3n) is 3.08. The van der Waals surface area contributed by atoms with Crippen molar-refractivity contribution >= 4 is 56.6 Å². The molecule has 0 atom stereocenters. The molecule has 7 nitrogen and oxygen atoms in total. The molecule has 0 aliphatic heterocycles. The van der Waals surface area contributed by atoms with E-state index in [-0.39, 0.29) is 10.7 Å². The van der Waals surface area contributed by atoms with Gasteiger partial charge in [0.2, 0.25) is 5.95 Å². The van der Waals surface area contributed by atoms with Crippen LogP contribution in [0.5, 0.6) is 0 Å². The summed E-state index contributed by atoms with van der Waals surface area (Å²) < 4.78 is 0.821. The Balaban J connectivity index is 2.09. The molecule has 2 N–H and O–H groups in total. The summed E-state index contributed by atoms with van der Waals surface area (Å²) in [4.78, 5) is 34.8. The Morgan fingerprint density at radius 1 is 1.25 bits per heavy atom. The third-order valence-corrected chi connectivity index (χ3v) is 4.98. The molecule has 2 heterocycles. The zero-order valence-electron chi connectivity index (χ0n) is 13.0. The monoisotopic (exact) mass is 431 g/mol. The van der Waals surface area contributed by atoms with Crippen LogP contribution in [0.1, 0.15) is 34.0 Å². The summed E-state index contributed by atoms with van der Waals surface area (Å²) in [6, 6.07) is 3.39. The van der Waals surface area contributed by atoms with Crippen molar-refractivity contribution in [1.29, 1.82) is 0 Å². The first-order valence-electron chi connectivity index (χ1n) is 7.09. The topological polar surface area (TPSA) is 87.2 Å². The van der Waals surface area contributed by atoms with Gasteiger partial charge in [0.05, 0.1) is 19.9 Å². The molecule has 0 aromatic carbocycles. The van der Waals surface area contributed by atoms with E-state index in [1.54, 1.807) is 12.1 Å². The van der Waals surface area contributed by atoms with Gasteiger partial charge in [0.1, 0.15) is 0 Å². The molecule has 0 unspecified atom stereocenters. The van der Waals surface area contributed by atoms with E-state index in [0.29, 0.717) is 23.9 Å². The van der Waals surface area contributed by atoms with E-state index >= 15 is 0 Å². The highest BCUT2D eigenvalue weighted by Crippen LogP contribution is 2.21. The Bertz CT molecular complexity index is 751. The first-order valence-corrected chi connectivity index (χ1v) is 9.08. The molecule has 2 rings (SSSR count). The van der Waals surface area contributed by atoms with E-state index < -0.39 is 11.8 Å². The number of amides is 2. The molecular weight excluding hydrogens is 418 g/mol. The predicted molar refractivity (Wildman–Crippen MR) is 97.6 cm³/mol. The minimum atomic E-state index is -0.611. The van der Waals surface area contributed by atoms with Crippen molar-refractivity contribution in [1.82, 2.24) is 20.8 Å². The molecule has 2 aromatic heterocycles. The van der Waals surface area contributed by atoms with Crippen LogP contribution in [-0.4, -0.2) is 34.9 Å². The zero-order valence-corrected chi connectivity index (χ0v) is 16.1. The van der Waals surface area contributed by atoms with E-state index in [1.807, 2.05) is 18.7 Å². The lowest BCUT2D eigenvalue weighted by molar-refractivity contribution is 0.0846. The third kappa shape index (κ3) is 4.43. The van der Waals surface area contributed by atoms with Gasteiger partial charge < -0.3 is 4.90 Å². The SMILES string of the molecule is CCN(CC)c1ncc(Cl)c(C(=O)NNC(=O)c2ccc(Br)s2)n1. The van der Waals surface area contributed by atoms with Gasteiger partial charge in [0, 0.05) is 13.1 Å². The first-order chi connectivity index (χ1) is 11.5. The van der Waals surface area contributed by atoms with Crippen molar-refractivity contribution in [3.05, 3.63) is 37.7 Å². The number of hydrazine groups is 1. The van der Waals surface area contributed by atoms with Crippen LogP contribution in [0, 0.1) is 0 Å². The fraction of sp³-hybridized carbons (Fsp3) is 0.286. The summed E-state index contributed by atoms with van der Waals surface area (Å²) >= 11 is 10.5. The zero-order chi connectivity index (χ0) is 17.7. The average Bonchev–Trinajstić information content (AvgIpc) is 3.01. The lowest BCUT2D eigenvalue weighted by Gasteiger charge is -2.19. The molecule has 2 amide bonds. The number of nitrogens with one attached hydrogen (secondary N) is 2. The number of hydrogen-bond donors (Lipinski definition) is 2. The smallest absolute Gasteiger partial charge is 0.290 e. The van der Waals surface area contributed by atoms with Gasteiger partial charge in [0.15, 0.2) is 5.69 Å². The molecule has 0 aliphatic rings. The maximum Gasteiger partial charge on any atom is 0.290 e. The second kappa shape index (κ2) is 8.41. The van der Waals surface area contributed by atoms with Crippen molar-refractivity contribution in [3.63, 3.8) is 0 Å². The Hall–Kier alpha value is -1.71. The highest BCUT2D eigenvalue weighted by atomic mass is 79.9. The molecule has 0 saturated carbocycles. The summed E-state index contributed by atoms with van der Waals surface area (Å²) in [5.41, 5.74) is 4.64. The maximum atomic E-state index is 12.2. The molecule has 10 heteroatoms. The quantitative estimate of drug-likeness (QED) is 0.709. The highest BCUT2D eigenvalue weighted by molar-refractivity contribution is 9.11. The van der Waals surface area contributed by atoms with Crippen LogP contribution < -0.4 is 15.8 Å². The Kier molecular flexibility index (Phi) is 6.52.